The van der Waals surface area contributed by atoms with Crippen LogP contribution in [0.25, 0.3) is 22.2 Å². The number of piperidine rings is 1. The number of nitrogens with zero attached hydrogens (tertiary/aromatic N) is 4. The molecule has 4 N–H and O–H groups in total. The van der Waals surface area contributed by atoms with Crippen LogP contribution >= 0.6 is 11.6 Å². The van der Waals surface area contributed by atoms with E-state index in [1.807, 2.05) is 40.3 Å². The van der Waals surface area contributed by atoms with Crippen molar-refractivity contribution in [2.75, 3.05) is 31.5 Å². The first-order valence-electron chi connectivity index (χ1n) is 11.7. The van der Waals surface area contributed by atoms with Crippen LogP contribution in [0.15, 0.2) is 36.7 Å². The van der Waals surface area contributed by atoms with Crippen LogP contribution in [-0.4, -0.2) is 74.8 Å². The number of carbonyl (C=O) groups is 2. The average Bonchev–Trinajstić information content (AvgIpc) is 3.48. The molecular weight excluding hydrogens is 454 g/mol. The van der Waals surface area contributed by atoms with Crippen molar-refractivity contribution < 1.29 is 9.59 Å². The molecule has 0 bridgehead atoms. The van der Waals surface area contributed by atoms with Gasteiger partial charge in [-0.25, -0.2) is 9.97 Å². The molecule has 9 nitrogen and oxygen atoms in total. The van der Waals surface area contributed by atoms with E-state index >= 15 is 0 Å². The van der Waals surface area contributed by atoms with Gasteiger partial charge in [-0.3, -0.25) is 14.5 Å². The Morgan fingerprint density at radius 2 is 1.97 bits per heavy atom. The van der Waals surface area contributed by atoms with Crippen LogP contribution in [-0.2, 0) is 9.59 Å². The number of nitrogens with one attached hydrogen (secondary N) is 2. The lowest BCUT2D eigenvalue weighted by atomic mass is 10.1. The minimum absolute atomic E-state index is 0.0518. The molecular formula is C24H28ClN7O2. The zero-order valence-electron chi connectivity index (χ0n) is 18.8. The first-order valence-corrected chi connectivity index (χ1v) is 12.0. The predicted octanol–water partition coefficient (Wildman–Crippen LogP) is 2.63. The second-order valence-corrected chi connectivity index (χ2v) is 9.38. The Kier molecular flexibility index (Phi) is 6.38. The number of amides is 2. The first kappa shape index (κ1) is 22.6. The van der Waals surface area contributed by atoms with E-state index in [1.54, 1.807) is 6.20 Å². The molecule has 5 rings (SSSR count). The number of anilines is 1. The molecule has 0 saturated carbocycles. The Hall–Kier alpha value is -3.17. The number of rotatable bonds is 6. The molecule has 1 aromatic carbocycles. The fourth-order valence-electron chi connectivity index (χ4n) is 4.96. The van der Waals surface area contributed by atoms with Crippen LogP contribution < -0.4 is 11.1 Å². The number of H-pyrrole nitrogens is 1. The monoisotopic (exact) mass is 481 g/mol. The summed E-state index contributed by atoms with van der Waals surface area (Å²) in [5, 5.41) is 4.96. The van der Waals surface area contributed by atoms with E-state index in [2.05, 4.69) is 15.3 Å². The number of fused-ring (bicyclic) bond motifs is 1. The van der Waals surface area contributed by atoms with Crippen LogP contribution in [0.5, 0.6) is 0 Å². The van der Waals surface area contributed by atoms with Crippen LogP contribution in [0.4, 0.5) is 5.95 Å². The Morgan fingerprint density at radius 3 is 2.76 bits per heavy atom. The zero-order chi connectivity index (χ0) is 23.7. The highest BCUT2D eigenvalue weighted by atomic mass is 35.5. The molecule has 3 aromatic rings. The molecule has 0 aliphatic carbocycles. The average molecular weight is 482 g/mol. The van der Waals surface area contributed by atoms with Crippen molar-refractivity contribution in [3.8, 4) is 11.3 Å². The molecule has 4 heterocycles. The Bertz CT molecular complexity index is 1210. The molecule has 2 fully saturated rings. The summed E-state index contributed by atoms with van der Waals surface area (Å²) in [6, 6.07) is 7.85. The SMILES string of the molecule is NC(=O)C1CCCN1CC(=O)N1CCC(Nc2ncc(Cl)c(-c3c[nH]c4ccccc34)n2)CC1. The molecule has 10 heteroatoms. The number of halogens is 1. The maximum Gasteiger partial charge on any atom is 0.236 e. The maximum absolute atomic E-state index is 12.8. The lowest BCUT2D eigenvalue weighted by Gasteiger charge is -2.34. The highest BCUT2D eigenvalue weighted by Crippen LogP contribution is 2.32. The number of aromatic amines is 1. The molecule has 2 aromatic heterocycles. The fraction of sp³-hybridized carbons (Fsp3) is 0.417. The van der Waals surface area contributed by atoms with Crippen molar-refractivity contribution in [2.24, 2.45) is 5.73 Å². The van der Waals surface area contributed by atoms with Gasteiger partial charge in [0.2, 0.25) is 17.8 Å². The number of hydrogen-bond acceptors (Lipinski definition) is 6. The standard InChI is InChI=1S/C24H28ClN7O2/c25-18-13-28-24(30-22(18)17-12-27-19-5-2-1-4-16(17)19)29-15-7-10-31(11-8-15)21(33)14-32-9-3-6-20(32)23(26)34/h1-2,4-5,12-13,15,20,27H,3,6-11,14H2,(H2,26,34)(H,28,29,30). The van der Waals surface area contributed by atoms with Gasteiger partial charge in [-0.1, -0.05) is 29.8 Å². The van der Waals surface area contributed by atoms with E-state index in [-0.39, 0.29) is 30.4 Å². The number of aromatic nitrogens is 3. The quantitative estimate of drug-likeness (QED) is 0.497. The number of likely N-dealkylation sites (tertiary alicyclic amines) is 2. The number of para-hydroxylation sites is 1. The molecule has 2 aliphatic rings. The summed E-state index contributed by atoms with van der Waals surface area (Å²) >= 11 is 6.44. The van der Waals surface area contributed by atoms with E-state index in [1.165, 1.54) is 0 Å². The van der Waals surface area contributed by atoms with Gasteiger partial charge in [-0.15, -0.1) is 0 Å². The van der Waals surface area contributed by atoms with Crippen LogP contribution in [0, 0.1) is 0 Å². The predicted molar refractivity (Wildman–Crippen MR) is 131 cm³/mol. The van der Waals surface area contributed by atoms with E-state index in [4.69, 9.17) is 22.3 Å². The number of carbonyl (C=O) groups excluding carboxylic acids is 2. The summed E-state index contributed by atoms with van der Waals surface area (Å²) in [5.41, 5.74) is 8.11. The van der Waals surface area contributed by atoms with Gasteiger partial charge < -0.3 is 20.9 Å². The van der Waals surface area contributed by atoms with Gasteiger partial charge >= 0.3 is 0 Å². The molecule has 1 atom stereocenters. The van der Waals surface area contributed by atoms with Gasteiger partial charge in [0.1, 0.15) is 0 Å². The highest BCUT2D eigenvalue weighted by molar-refractivity contribution is 6.33. The van der Waals surface area contributed by atoms with Gasteiger partial charge in [-0.2, -0.15) is 0 Å². The highest BCUT2D eigenvalue weighted by Gasteiger charge is 2.32. The Labute approximate surface area is 202 Å². The van der Waals surface area contributed by atoms with E-state index in [9.17, 15) is 9.59 Å². The summed E-state index contributed by atoms with van der Waals surface area (Å²) in [7, 11) is 0. The minimum atomic E-state index is -0.344. The smallest absolute Gasteiger partial charge is 0.236 e. The molecule has 0 spiro atoms. The van der Waals surface area contributed by atoms with Crippen molar-refractivity contribution in [3.63, 3.8) is 0 Å². The summed E-state index contributed by atoms with van der Waals surface area (Å²) < 4.78 is 0. The maximum atomic E-state index is 12.8. The zero-order valence-corrected chi connectivity index (χ0v) is 19.6. The minimum Gasteiger partial charge on any atom is -0.368 e. The van der Waals surface area contributed by atoms with Gasteiger partial charge in [0.15, 0.2) is 0 Å². The third-order valence-corrected chi connectivity index (χ3v) is 7.08. The second-order valence-electron chi connectivity index (χ2n) is 8.97. The number of nitrogens with two attached hydrogens (primary N) is 1. The van der Waals surface area contributed by atoms with Gasteiger partial charge in [0.25, 0.3) is 0 Å². The number of hydrogen-bond donors (Lipinski definition) is 3. The molecule has 0 radical (unpaired) electrons. The van der Waals surface area contributed by atoms with Gasteiger partial charge in [0, 0.05) is 41.8 Å². The van der Waals surface area contributed by atoms with Gasteiger partial charge in [-0.05, 0) is 38.3 Å². The molecule has 34 heavy (non-hydrogen) atoms. The lowest BCUT2D eigenvalue weighted by molar-refractivity contribution is -0.134. The van der Waals surface area contributed by atoms with Crippen molar-refractivity contribution in [3.05, 3.63) is 41.7 Å². The number of benzene rings is 1. The van der Waals surface area contributed by atoms with Crippen molar-refractivity contribution in [1.29, 1.82) is 0 Å². The summed E-state index contributed by atoms with van der Waals surface area (Å²) in [6.45, 7) is 2.28. The Morgan fingerprint density at radius 1 is 1.18 bits per heavy atom. The molecule has 2 amide bonds. The second kappa shape index (κ2) is 9.60. The largest absolute Gasteiger partial charge is 0.368 e. The summed E-state index contributed by atoms with van der Waals surface area (Å²) in [6.07, 6.45) is 6.75. The first-order chi connectivity index (χ1) is 16.5. The molecule has 178 valence electrons. The lowest BCUT2D eigenvalue weighted by Crippen LogP contribution is -2.49. The van der Waals surface area contributed by atoms with Crippen molar-refractivity contribution in [1.82, 2.24) is 24.8 Å². The van der Waals surface area contributed by atoms with Crippen LogP contribution in [0.1, 0.15) is 25.7 Å². The fourth-order valence-corrected chi connectivity index (χ4v) is 5.15. The number of primary amides is 1. The van der Waals surface area contributed by atoms with Crippen molar-refractivity contribution in [2.45, 2.75) is 37.8 Å². The van der Waals surface area contributed by atoms with E-state index in [0.29, 0.717) is 29.8 Å². The summed E-state index contributed by atoms with van der Waals surface area (Å²) in [5.74, 6) is 0.231. The van der Waals surface area contributed by atoms with Crippen LogP contribution in [0.2, 0.25) is 5.02 Å². The molecule has 1 unspecified atom stereocenters. The Balaban J connectivity index is 1.20. The topological polar surface area (TPSA) is 120 Å². The van der Waals surface area contributed by atoms with Crippen LogP contribution in [0.3, 0.4) is 0 Å². The third-order valence-electron chi connectivity index (χ3n) is 6.80. The summed E-state index contributed by atoms with van der Waals surface area (Å²) in [4.78, 5) is 40.5. The third kappa shape index (κ3) is 4.58. The molecule has 2 aliphatic heterocycles. The van der Waals surface area contributed by atoms with Gasteiger partial charge in [0.05, 0.1) is 29.5 Å². The molecule has 2 saturated heterocycles. The normalized spacial score (nSPS) is 19.6. The van der Waals surface area contributed by atoms with E-state index in [0.717, 1.165) is 48.7 Å². The van der Waals surface area contributed by atoms with E-state index < -0.39 is 0 Å². The van der Waals surface area contributed by atoms with Crippen molar-refractivity contribution >= 4 is 40.3 Å².